The molecule has 8 heteroatoms. The van der Waals surface area contributed by atoms with Crippen LogP contribution in [-0.2, 0) is 17.9 Å². The van der Waals surface area contributed by atoms with Crippen molar-refractivity contribution in [3.05, 3.63) is 52.8 Å². The maximum Gasteiger partial charge on any atom is 0.272 e. The normalized spacial score (nSPS) is 18.1. The Morgan fingerprint density at radius 2 is 1.87 bits per heavy atom. The zero-order valence-corrected chi connectivity index (χ0v) is 18.9. The van der Waals surface area contributed by atoms with Gasteiger partial charge in [0.15, 0.2) is 5.69 Å². The number of amides is 3. The van der Waals surface area contributed by atoms with Crippen molar-refractivity contribution in [1.29, 1.82) is 0 Å². The molecule has 166 valence electrons. The van der Waals surface area contributed by atoms with E-state index in [1.54, 1.807) is 14.0 Å². The summed E-state index contributed by atoms with van der Waals surface area (Å²) in [5.41, 5.74) is 1.51. The zero-order valence-electron chi connectivity index (χ0n) is 18.9. The lowest BCUT2D eigenvalue weighted by atomic mass is 9.95. The average molecular weight is 426 g/mol. The van der Waals surface area contributed by atoms with Gasteiger partial charge in [0.2, 0.25) is 5.91 Å². The largest absolute Gasteiger partial charge is 0.354 e. The van der Waals surface area contributed by atoms with Gasteiger partial charge in [-0.2, -0.15) is 5.10 Å². The molecule has 2 heterocycles. The number of benzene rings is 1. The van der Waals surface area contributed by atoms with Gasteiger partial charge in [-0.05, 0) is 31.7 Å². The SMILES string of the molecule is Cc1ccc(CNC(=O)c2cc3n(n2)CC(C)(C(=O)NCCC(C)C)N(C)C3=O)cc1. The Bertz CT molecular complexity index is 980. The Morgan fingerprint density at radius 1 is 1.19 bits per heavy atom. The van der Waals surface area contributed by atoms with E-state index in [4.69, 9.17) is 0 Å². The van der Waals surface area contributed by atoms with E-state index in [1.807, 2.05) is 31.2 Å². The molecule has 0 bridgehead atoms. The minimum absolute atomic E-state index is 0.160. The molecule has 0 fully saturated rings. The Labute approximate surface area is 183 Å². The first kappa shape index (κ1) is 22.5. The van der Waals surface area contributed by atoms with E-state index in [9.17, 15) is 14.4 Å². The van der Waals surface area contributed by atoms with E-state index in [0.717, 1.165) is 17.5 Å². The first-order chi connectivity index (χ1) is 14.6. The van der Waals surface area contributed by atoms with Crippen molar-refractivity contribution in [2.75, 3.05) is 13.6 Å². The van der Waals surface area contributed by atoms with Crippen molar-refractivity contribution in [3.8, 4) is 0 Å². The molecule has 1 unspecified atom stereocenters. The minimum Gasteiger partial charge on any atom is -0.354 e. The van der Waals surface area contributed by atoms with Crippen molar-refractivity contribution in [2.45, 2.75) is 52.7 Å². The second-order valence-electron chi connectivity index (χ2n) is 8.82. The van der Waals surface area contributed by atoms with Crippen LogP contribution >= 0.6 is 0 Å². The van der Waals surface area contributed by atoms with E-state index in [-0.39, 0.29) is 30.0 Å². The number of hydrogen-bond acceptors (Lipinski definition) is 4. The smallest absolute Gasteiger partial charge is 0.272 e. The van der Waals surface area contributed by atoms with Gasteiger partial charge < -0.3 is 15.5 Å². The molecule has 2 N–H and O–H groups in total. The Hall–Kier alpha value is -3.16. The molecule has 1 aromatic heterocycles. The molecule has 1 aliphatic rings. The molecular weight excluding hydrogens is 394 g/mol. The van der Waals surface area contributed by atoms with Crippen LogP contribution in [0.5, 0.6) is 0 Å². The fourth-order valence-corrected chi connectivity index (χ4v) is 3.48. The fraction of sp³-hybridized carbons (Fsp3) is 0.478. The van der Waals surface area contributed by atoms with Crippen LogP contribution in [0.3, 0.4) is 0 Å². The number of aryl methyl sites for hydroxylation is 1. The van der Waals surface area contributed by atoms with E-state index in [1.165, 1.54) is 15.6 Å². The van der Waals surface area contributed by atoms with Crippen LogP contribution in [0.4, 0.5) is 0 Å². The van der Waals surface area contributed by atoms with Gasteiger partial charge in [0.25, 0.3) is 11.8 Å². The summed E-state index contributed by atoms with van der Waals surface area (Å²) < 4.78 is 1.46. The third-order valence-electron chi connectivity index (χ3n) is 5.80. The second-order valence-corrected chi connectivity index (χ2v) is 8.82. The van der Waals surface area contributed by atoms with Gasteiger partial charge in [-0.1, -0.05) is 43.7 Å². The molecule has 0 saturated carbocycles. The van der Waals surface area contributed by atoms with Gasteiger partial charge in [-0.25, -0.2) is 0 Å². The molecule has 3 amide bonds. The maximum atomic E-state index is 12.9. The summed E-state index contributed by atoms with van der Waals surface area (Å²) in [6.07, 6.45) is 0.859. The number of hydrogen-bond donors (Lipinski definition) is 2. The number of aromatic nitrogens is 2. The van der Waals surface area contributed by atoms with Crippen molar-refractivity contribution < 1.29 is 14.4 Å². The summed E-state index contributed by atoms with van der Waals surface area (Å²) in [6.45, 7) is 9.00. The van der Waals surface area contributed by atoms with E-state index in [2.05, 4.69) is 29.6 Å². The maximum absolute atomic E-state index is 12.9. The summed E-state index contributed by atoms with van der Waals surface area (Å²) >= 11 is 0. The predicted octanol–water partition coefficient (Wildman–Crippen LogP) is 2.13. The number of nitrogens with zero attached hydrogens (tertiary/aromatic N) is 3. The number of rotatable bonds is 7. The molecule has 31 heavy (non-hydrogen) atoms. The monoisotopic (exact) mass is 425 g/mol. The van der Waals surface area contributed by atoms with E-state index >= 15 is 0 Å². The molecule has 0 saturated heterocycles. The second kappa shape index (κ2) is 8.91. The molecular formula is C23H31N5O3. The number of fused-ring (bicyclic) bond motifs is 1. The number of likely N-dealkylation sites (N-methyl/N-ethyl adjacent to an activating group) is 1. The van der Waals surface area contributed by atoms with Crippen LogP contribution in [0.25, 0.3) is 0 Å². The molecule has 3 rings (SSSR count). The van der Waals surface area contributed by atoms with Crippen molar-refractivity contribution in [3.63, 3.8) is 0 Å². The summed E-state index contributed by atoms with van der Waals surface area (Å²) in [7, 11) is 1.61. The number of nitrogens with one attached hydrogen (secondary N) is 2. The lowest BCUT2D eigenvalue weighted by Crippen LogP contribution is -2.62. The zero-order chi connectivity index (χ0) is 22.8. The quantitative estimate of drug-likeness (QED) is 0.710. The van der Waals surface area contributed by atoms with Crippen LogP contribution in [0, 0.1) is 12.8 Å². The van der Waals surface area contributed by atoms with Crippen LogP contribution in [0.2, 0.25) is 0 Å². The predicted molar refractivity (Wildman–Crippen MR) is 118 cm³/mol. The Balaban J connectivity index is 1.72. The molecule has 1 aliphatic heterocycles. The van der Waals surface area contributed by atoms with Gasteiger partial charge in [0, 0.05) is 26.2 Å². The highest BCUT2D eigenvalue weighted by Crippen LogP contribution is 2.26. The highest BCUT2D eigenvalue weighted by Gasteiger charge is 2.46. The standard InChI is InChI=1S/C23H31N5O3/c1-15(2)10-11-24-22(31)23(4)14-28-19(21(30)27(23)5)12-18(26-28)20(29)25-13-17-8-6-16(3)7-9-17/h6-9,12,15H,10-11,13-14H2,1-5H3,(H,24,31)(H,25,29). The lowest BCUT2D eigenvalue weighted by Gasteiger charge is -2.40. The van der Waals surface area contributed by atoms with Crippen molar-refractivity contribution in [2.24, 2.45) is 5.92 Å². The van der Waals surface area contributed by atoms with E-state index in [0.29, 0.717) is 24.7 Å². The van der Waals surface area contributed by atoms with Gasteiger partial charge in [-0.15, -0.1) is 0 Å². The topological polar surface area (TPSA) is 96.3 Å². The molecule has 2 aromatic rings. The molecule has 8 nitrogen and oxygen atoms in total. The third kappa shape index (κ3) is 4.78. The first-order valence-electron chi connectivity index (χ1n) is 10.6. The van der Waals surface area contributed by atoms with Gasteiger partial charge in [-0.3, -0.25) is 19.1 Å². The average Bonchev–Trinajstić information content (AvgIpc) is 3.15. The van der Waals surface area contributed by atoms with Gasteiger partial charge in [0.1, 0.15) is 11.2 Å². The highest BCUT2D eigenvalue weighted by molar-refractivity contribution is 6.01. The Morgan fingerprint density at radius 3 is 2.52 bits per heavy atom. The van der Waals surface area contributed by atoms with Crippen LogP contribution in [0.15, 0.2) is 30.3 Å². The molecule has 0 aliphatic carbocycles. The van der Waals surface area contributed by atoms with Crippen LogP contribution in [-0.4, -0.2) is 51.5 Å². The molecule has 0 radical (unpaired) electrons. The van der Waals surface area contributed by atoms with Crippen LogP contribution in [0.1, 0.15) is 59.3 Å². The van der Waals surface area contributed by atoms with Crippen molar-refractivity contribution in [1.82, 2.24) is 25.3 Å². The first-order valence-corrected chi connectivity index (χ1v) is 10.6. The third-order valence-corrected chi connectivity index (χ3v) is 5.80. The lowest BCUT2D eigenvalue weighted by molar-refractivity contribution is -0.132. The molecule has 0 spiro atoms. The summed E-state index contributed by atoms with van der Waals surface area (Å²) in [4.78, 5) is 39.8. The molecule has 1 aromatic carbocycles. The van der Waals surface area contributed by atoms with E-state index < -0.39 is 5.54 Å². The summed E-state index contributed by atoms with van der Waals surface area (Å²) in [6, 6.07) is 9.36. The number of carbonyl (C=O) groups is 3. The van der Waals surface area contributed by atoms with Crippen LogP contribution < -0.4 is 10.6 Å². The van der Waals surface area contributed by atoms with Gasteiger partial charge >= 0.3 is 0 Å². The minimum atomic E-state index is -1.08. The highest BCUT2D eigenvalue weighted by atomic mass is 16.2. The fourth-order valence-electron chi connectivity index (χ4n) is 3.48. The molecule has 1 atom stereocenters. The number of carbonyl (C=O) groups excluding carboxylic acids is 3. The van der Waals surface area contributed by atoms with Crippen molar-refractivity contribution >= 4 is 17.7 Å². The summed E-state index contributed by atoms with van der Waals surface area (Å²) in [5.74, 6) is -0.452. The summed E-state index contributed by atoms with van der Waals surface area (Å²) in [5, 5.41) is 10.1. The van der Waals surface area contributed by atoms with Gasteiger partial charge in [0.05, 0.1) is 6.54 Å². The Kier molecular flexibility index (Phi) is 6.48.